The molecule has 2 amide bonds. The maximum Gasteiger partial charge on any atom is 0.251 e. The predicted molar refractivity (Wildman–Crippen MR) is 82.7 cm³/mol. The maximum atomic E-state index is 11.7. The average molecular weight is 315 g/mol. The summed E-state index contributed by atoms with van der Waals surface area (Å²) in [7, 11) is 0. The van der Waals surface area contributed by atoms with E-state index in [0.29, 0.717) is 10.6 Å². The highest BCUT2D eigenvalue weighted by molar-refractivity contribution is 7.17. The SMILES string of the molecule is NC(=O)c1c(NC(=O)CCCl)sc2c1CCCCCC2. The van der Waals surface area contributed by atoms with E-state index >= 15 is 0 Å². The number of fused-ring (bicyclic) bond motifs is 1. The Balaban J connectivity index is 2.33. The summed E-state index contributed by atoms with van der Waals surface area (Å²) in [5, 5.41) is 3.38. The number of hydrogen-bond acceptors (Lipinski definition) is 3. The minimum atomic E-state index is -0.454. The summed E-state index contributed by atoms with van der Waals surface area (Å²) < 4.78 is 0. The fraction of sp³-hybridized carbons (Fsp3) is 0.571. The van der Waals surface area contributed by atoms with Crippen LogP contribution >= 0.6 is 22.9 Å². The van der Waals surface area contributed by atoms with Gasteiger partial charge in [-0.15, -0.1) is 22.9 Å². The smallest absolute Gasteiger partial charge is 0.251 e. The molecule has 1 heterocycles. The van der Waals surface area contributed by atoms with Crippen molar-refractivity contribution in [3.05, 3.63) is 16.0 Å². The number of hydrogen-bond donors (Lipinski definition) is 2. The van der Waals surface area contributed by atoms with Crippen LogP contribution in [0.15, 0.2) is 0 Å². The Morgan fingerprint density at radius 2 is 1.90 bits per heavy atom. The molecule has 6 heteroatoms. The maximum absolute atomic E-state index is 11.7. The molecule has 0 radical (unpaired) electrons. The molecule has 3 N–H and O–H groups in total. The number of rotatable bonds is 4. The normalized spacial score (nSPS) is 15.1. The highest BCUT2D eigenvalue weighted by Gasteiger charge is 2.23. The molecule has 20 heavy (non-hydrogen) atoms. The third-order valence-electron chi connectivity index (χ3n) is 3.49. The summed E-state index contributed by atoms with van der Waals surface area (Å²) in [6, 6.07) is 0. The van der Waals surface area contributed by atoms with Gasteiger partial charge in [0.1, 0.15) is 5.00 Å². The molecule has 0 atom stereocenters. The van der Waals surface area contributed by atoms with Gasteiger partial charge in [0.2, 0.25) is 5.91 Å². The summed E-state index contributed by atoms with van der Waals surface area (Å²) in [5.41, 5.74) is 7.07. The minimum absolute atomic E-state index is 0.170. The van der Waals surface area contributed by atoms with Gasteiger partial charge in [-0.2, -0.15) is 0 Å². The molecule has 4 nitrogen and oxygen atoms in total. The summed E-state index contributed by atoms with van der Waals surface area (Å²) in [4.78, 5) is 24.6. The van der Waals surface area contributed by atoms with Crippen LogP contribution in [0.2, 0.25) is 0 Å². The number of aryl methyl sites for hydroxylation is 1. The Labute approximate surface area is 127 Å². The van der Waals surface area contributed by atoms with Crippen molar-refractivity contribution < 1.29 is 9.59 Å². The van der Waals surface area contributed by atoms with Gasteiger partial charge < -0.3 is 11.1 Å². The van der Waals surface area contributed by atoms with Crippen molar-refractivity contribution >= 4 is 39.8 Å². The third kappa shape index (κ3) is 3.52. The molecule has 0 aromatic carbocycles. The topological polar surface area (TPSA) is 72.2 Å². The van der Waals surface area contributed by atoms with Crippen molar-refractivity contribution in [1.82, 2.24) is 0 Å². The first kappa shape index (κ1) is 15.3. The van der Waals surface area contributed by atoms with Crippen LogP contribution in [0.4, 0.5) is 5.00 Å². The lowest BCUT2D eigenvalue weighted by atomic mass is 9.96. The van der Waals surface area contributed by atoms with Crippen LogP contribution < -0.4 is 11.1 Å². The van der Waals surface area contributed by atoms with Gasteiger partial charge in [0.15, 0.2) is 0 Å². The predicted octanol–water partition coefficient (Wildman–Crippen LogP) is 3.07. The lowest BCUT2D eigenvalue weighted by molar-refractivity contribution is -0.115. The van der Waals surface area contributed by atoms with E-state index in [-0.39, 0.29) is 18.2 Å². The molecule has 1 aliphatic rings. The molecule has 0 unspecified atom stereocenters. The number of anilines is 1. The van der Waals surface area contributed by atoms with Gasteiger partial charge in [-0.05, 0) is 31.2 Å². The molecule has 1 aromatic heterocycles. The number of nitrogens with two attached hydrogens (primary N) is 1. The van der Waals surface area contributed by atoms with Gasteiger partial charge in [0, 0.05) is 17.2 Å². The van der Waals surface area contributed by atoms with Crippen molar-refractivity contribution in [2.45, 2.75) is 44.9 Å². The average Bonchev–Trinajstić information content (AvgIpc) is 2.66. The van der Waals surface area contributed by atoms with E-state index in [1.54, 1.807) is 0 Å². The van der Waals surface area contributed by atoms with Crippen LogP contribution in [-0.4, -0.2) is 17.7 Å². The summed E-state index contributed by atoms with van der Waals surface area (Å²) in [6.45, 7) is 0. The summed E-state index contributed by atoms with van der Waals surface area (Å²) in [6.07, 6.45) is 6.67. The molecule has 0 bridgehead atoms. The van der Waals surface area contributed by atoms with Crippen LogP contribution in [0, 0.1) is 0 Å². The lowest BCUT2D eigenvalue weighted by Crippen LogP contribution is -2.18. The van der Waals surface area contributed by atoms with Gasteiger partial charge >= 0.3 is 0 Å². The Hall–Kier alpha value is -1.07. The summed E-state index contributed by atoms with van der Waals surface area (Å²) >= 11 is 7.05. The zero-order chi connectivity index (χ0) is 14.5. The number of carbonyl (C=O) groups excluding carboxylic acids is 2. The monoisotopic (exact) mass is 314 g/mol. The quantitative estimate of drug-likeness (QED) is 0.838. The number of primary amides is 1. The standard InChI is InChI=1S/C14H19ClN2O2S/c15-8-7-11(18)17-14-12(13(16)19)9-5-3-1-2-4-6-10(9)20-14/h1-8H2,(H2,16,19)(H,17,18). The van der Waals surface area contributed by atoms with Gasteiger partial charge in [0.25, 0.3) is 5.91 Å². The Morgan fingerprint density at radius 3 is 2.55 bits per heavy atom. The fourth-order valence-electron chi connectivity index (χ4n) is 2.54. The highest BCUT2D eigenvalue weighted by atomic mass is 35.5. The van der Waals surface area contributed by atoms with Crippen molar-refractivity contribution in [3.8, 4) is 0 Å². The molecule has 0 aliphatic heterocycles. The van der Waals surface area contributed by atoms with Crippen LogP contribution in [0.25, 0.3) is 0 Å². The number of carbonyl (C=O) groups is 2. The largest absolute Gasteiger partial charge is 0.365 e. The molecule has 1 aromatic rings. The second-order valence-electron chi connectivity index (χ2n) is 4.97. The van der Waals surface area contributed by atoms with Crippen molar-refractivity contribution in [3.63, 3.8) is 0 Å². The number of nitrogens with one attached hydrogen (secondary N) is 1. The first-order chi connectivity index (χ1) is 9.63. The van der Waals surface area contributed by atoms with E-state index in [2.05, 4.69) is 5.32 Å². The number of alkyl halides is 1. The molecule has 2 rings (SSSR count). The number of thiophene rings is 1. The lowest BCUT2D eigenvalue weighted by Gasteiger charge is -2.10. The number of amides is 2. The van der Waals surface area contributed by atoms with Crippen molar-refractivity contribution in [2.24, 2.45) is 5.73 Å². The van der Waals surface area contributed by atoms with E-state index in [9.17, 15) is 9.59 Å². The Morgan fingerprint density at radius 1 is 1.20 bits per heavy atom. The van der Waals surface area contributed by atoms with Gasteiger partial charge in [-0.25, -0.2) is 0 Å². The van der Waals surface area contributed by atoms with Gasteiger partial charge in [-0.3, -0.25) is 9.59 Å². The first-order valence-electron chi connectivity index (χ1n) is 6.93. The number of halogens is 1. The molecular weight excluding hydrogens is 296 g/mol. The highest BCUT2D eigenvalue weighted by Crippen LogP contribution is 2.36. The first-order valence-corrected chi connectivity index (χ1v) is 8.28. The molecule has 0 fully saturated rings. The van der Waals surface area contributed by atoms with E-state index in [4.69, 9.17) is 17.3 Å². The second-order valence-corrected chi connectivity index (χ2v) is 6.46. The van der Waals surface area contributed by atoms with Crippen LogP contribution in [0.5, 0.6) is 0 Å². The van der Waals surface area contributed by atoms with Gasteiger partial charge in [-0.1, -0.05) is 12.8 Å². The van der Waals surface area contributed by atoms with Crippen LogP contribution in [0.1, 0.15) is 52.9 Å². The molecule has 0 spiro atoms. The molecule has 0 saturated carbocycles. The minimum Gasteiger partial charge on any atom is -0.365 e. The van der Waals surface area contributed by atoms with E-state index in [1.165, 1.54) is 29.1 Å². The molecule has 1 aliphatic carbocycles. The second kappa shape index (κ2) is 7.09. The molecule has 0 saturated heterocycles. The van der Waals surface area contributed by atoms with E-state index in [1.807, 2.05) is 0 Å². The third-order valence-corrected chi connectivity index (χ3v) is 4.89. The van der Waals surface area contributed by atoms with Crippen molar-refractivity contribution in [1.29, 1.82) is 0 Å². The molecule has 110 valence electrons. The molecular formula is C14H19ClN2O2S. The van der Waals surface area contributed by atoms with Crippen LogP contribution in [-0.2, 0) is 17.6 Å². The van der Waals surface area contributed by atoms with Crippen molar-refractivity contribution in [2.75, 3.05) is 11.2 Å². The van der Waals surface area contributed by atoms with Gasteiger partial charge in [0.05, 0.1) is 5.56 Å². The Bertz CT molecular complexity index is 514. The zero-order valence-electron chi connectivity index (χ0n) is 11.3. The van der Waals surface area contributed by atoms with Crippen LogP contribution in [0.3, 0.4) is 0 Å². The zero-order valence-corrected chi connectivity index (χ0v) is 12.9. The summed E-state index contributed by atoms with van der Waals surface area (Å²) in [5.74, 6) is -0.357. The van der Waals surface area contributed by atoms with E-state index < -0.39 is 5.91 Å². The van der Waals surface area contributed by atoms with E-state index in [0.717, 1.165) is 31.2 Å². The Kier molecular flexibility index (Phi) is 5.43. The fourth-order valence-corrected chi connectivity index (χ4v) is 4.03.